The van der Waals surface area contributed by atoms with E-state index >= 15 is 0 Å². The Morgan fingerprint density at radius 2 is 2.05 bits per heavy atom. The molecule has 0 atom stereocenters. The van der Waals surface area contributed by atoms with Crippen LogP contribution in [0.5, 0.6) is 0 Å². The van der Waals surface area contributed by atoms with Crippen LogP contribution in [0.2, 0.25) is 5.02 Å². The first-order valence-corrected chi connectivity index (χ1v) is 7.73. The molecule has 4 nitrogen and oxygen atoms in total. The number of fused-ring (bicyclic) bond motifs is 1. The highest BCUT2D eigenvalue weighted by Crippen LogP contribution is 2.14. The Morgan fingerprint density at radius 1 is 1.18 bits per heavy atom. The van der Waals surface area contributed by atoms with Gasteiger partial charge in [-0.1, -0.05) is 29.8 Å². The molecular formula is C16H15ClN4S. The first kappa shape index (κ1) is 14.8. The Kier molecular flexibility index (Phi) is 4.56. The van der Waals surface area contributed by atoms with Crippen LogP contribution in [0.4, 0.5) is 5.69 Å². The number of hydrogen-bond acceptors (Lipinski definition) is 2. The number of nitrogens with one attached hydrogen (secondary N) is 3. The number of imidazole rings is 1. The summed E-state index contributed by atoms with van der Waals surface area (Å²) in [6, 6.07) is 15.4. The van der Waals surface area contributed by atoms with Crippen molar-refractivity contribution in [1.29, 1.82) is 0 Å². The third-order valence-electron chi connectivity index (χ3n) is 3.17. The Hall–Kier alpha value is -2.11. The first-order chi connectivity index (χ1) is 10.7. The van der Waals surface area contributed by atoms with Gasteiger partial charge in [0.2, 0.25) is 0 Å². The van der Waals surface area contributed by atoms with Crippen LogP contribution in [-0.4, -0.2) is 21.6 Å². The molecule has 0 aliphatic heterocycles. The van der Waals surface area contributed by atoms with Gasteiger partial charge in [0.1, 0.15) is 5.82 Å². The molecule has 6 heteroatoms. The van der Waals surface area contributed by atoms with Gasteiger partial charge in [-0.25, -0.2) is 4.98 Å². The number of anilines is 1. The highest BCUT2D eigenvalue weighted by atomic mass is 35.5. The molecule has 22 heavy (non-hydrogen) atoms. The molecule has 0 aliphatic carbocycles. The van der Waals surface area contributed by atoms with Crippen LogP contribution in [0, 0.1) is 0 Å². The number of hydrogen-bond donors (Lipinski definition) is 3. The minimum atomic E-state index is 0.568. The first-order valence-electron chi connectivity index (χ1n) is 6.95. The van der Waals surface area contributed by atoms with Crippen LogP contribution in [0.25, 0.3) is 11.0 Å². The topological polar surface area (TPSA) is 52.7 Å². The van der Waals surface area contributed by atoms with Crippen molar-refractivity contribution in [2.45, 2.75) is 6.42 Å². The molecule has 0 aliphatic rings. The Labute approximate surface area is 138 Å². The zero-order valence-electron chi connectivity index (χ0n) is 11.8. The number of nitrogens with zero attached hydrogens (tertiary/aromatic N) is 1. The molecule has 0 saturated carbocycles. The van der Waals surface area contributed by atoms with Crippen molar-refractivity contribution in [2.24, 2.45) is 0 Å². The Bertz CT molecular complexity index is 766. The second-order valence-electron chi connectivity index (χ2n) is 4.84. The van der Waals surface area contributed by atoms with Crippen molar-refractivity contribution in [3.63, 3.8) is 0 Å². The largest absolute Gasteiger partial charge is 0.362 e. The molecule has 3 rings (SSSR count). The third kappa shape index (κ3) is 3.75. The SMILES string of the molecule is S=C(NCCc1nc2ccccc2[nH]1)Nc1cccc(Cl)c1. The number of H-pyrrole nitrogens is 1. The molecular weight excluding hydrogens is 316 g/mol. The number of halogens is 1. The summed E-state index contributed by atoms with van der Waals surface area (Å²) in [5.74, 6) is 0.944. The maximum Gasteiger partial charge on any atom is 0.170 e. The van der Waals surface area contributed by atoms with E-state index in [1.165, 1.54) is 0 Å². The predicted octanol–water partition coefficient (Wildman–Crippen LogP) is 3.75. The van der Waals surface area contributed by atoms with Crippen LogP contribution in [0.15, 0.2) is 48.5 Å². The van der Waals surface area contributed by atoms with E-state index in [9.17, 15) is 0 Å². The lowest BCUT2D eigenvalue weighted by Gasteiger charge is -2.10. The van der Waals surface area contributed by atoms with E-state index in [-0.39, 0.29) is 0 Å². The molecule has 0 saturated heterocycles. The maximum atomic E-state index is 5.94. The summed E-state index contributed by atoms with van der Waals surface area (Å²) in [6.45, 7) is 0.701. The predicted molar refractivity (Wildman–Crippen MR) is 95.5 cm³/mol. The second-order valence-corrected chi connectivity index (χ2v) is 5.69. The van der Waals surface area contributed by atoms with Crippen molar-refractivity contribution >= 4 is 45.7 Å². The molecule has 2 aromatic carbocycles. The van der Waals surface area contributed by atoms with Gasteiger partial charge in [-0.15, -0.1) is 0 Å². The van der Waals surface area contributed by atoms with Crippen molar-refractivity contribution in [1.82, 2.24) is 15.3 Å². The molecule has 3 N–H and O–H groups in total. The maximum absolute atomic E-state index is 5.94. The summed E-state index contributed by atoms with van der Waals surface area (Å²) in [6.07, 6.45) is 0.770. The van der Waals surface area contributed by atoms with Crippen molar-refractivity contribution in [3.8, 4) is 0 Å². The Morgan fingerprint density at radius 3 is 2.86 bits per heavy atom. The number of thiocarbonyl (C=S) groups is 1. The van der Waals surface area contributed by atoms with E-state index in [1.54, 1.807) is 0 Å². The van der Waals surface area contributed by atoms with E-state index < -0.39 is 0 Å². The standard InChI is InChI=1S/C16H15ClN4S/c17-11-4-3-5-12(10-11)19-16(22)18-9-8-15-20-13-6-1-2-7-14(13)21-15/h1-7,10H,8-9H2,(H,20,21)(H2,18,19,22). The van der Waals surface area contributed by atoms with Crippen LogP contribution in [0.3, 0.4) is 0 Å². The number of rotatable bonds is 4. The summed E-state index contributed by atoms with van der Waals surface area (Å²) in [7, 11) is 0. The number of benzene rings is 2. The third-order valence-corrected chi connectivity index (χ3v) is 3.65. The zero-order valence-corrected chi connectivity index (χ0v) is 13.3. The monoisotopic (exact) mass is 330 g/mol. The van der Waals surface area contributed by atoms with Gasteiger partial charge < -0.3 is 15.6 Å². The summed E-state index contributed by atoms with van der Waals surface area (Å²) in [5.41, 5.74) is 2.91. The van der Waals surface area contributed by atoms with Crippen LogP contribution >= 0.6 is 23.8 Å². The molecule has 0 radical (unpaired) electrons. The van der Waals surface area contributed by atoms with Gasteiger partial charge in [-0.3, -0.25) is 0 Å². The van der Waals surface area contributed by atoms with E-state index in [4.69, 9.17) is 23.8 Å². The van der Waals surface area contributed by atoms with Crippen LogP contribution < -0.4 is 10.6 Å². The fourth-order valence-electron chi connectivity index (χ4n) is 2.16. The van der Waals surface area contributed by atoms with Crippen molar-refractivity contribution < 1.29 is 0 Å². The highest BCUT2D eigenvalue weighted by molar-refractivity contribution is 7.80. The second kappa shape index (κ2) is 6.77. The van der Waals surface area contributed by atoms with Crippen molar-refractivity contribution in [2.75, 3.05) is 11.9 Å². The lowest BCUT2D eigenvalue weighted by Crippen LogP contribution is -2.30. The number of aromatic nitrogens is 2. The number of aromatic amines is 1. The molecule has 1 heterocycles. The summed E-state index contributed by atoms with van der Waals surface area (Å²) >= 11 is 11.2. The average molecular weight is 331 g/mol. The van der Waals surface area contributed by atoms with Gasteiger partial charge in [-0.2, -0.15) is 0 Å². The molecule has 112 valence electrons. The minimum absolute atomic E-state index is 0.568. The van der Waals surface area contributed by atoms with E-state index in [1.807, 2.05) is 48.5 Å². The van der Waals surface area contributed by atoms with Gasteiger partial charge >= 0.3 is 0 Å². The zero-order chi connectivity index (χ0) is 15.4. The summed E-state index contributed by atoms with van der Waals surface area (Å²) in [4.78, 5) is 7.82. The van der Waals surface area contributed by atoms with Gasteiger partial charge in [-0.05, 0) is 42.5 Å². The van der Waals surface area contributed by atoms with Gasteiger partial charge in [0.15, 0.2) is 5.11 Å². The molecule has 1 aromatic heterocycles. The fraction of sp³-hybridized carbons (Fsp3) is 0.125. The summed E-state index contributed by atoms with van der Waals surface area (Å²) < 4.78 is 0. The lowest BCUT2D eigenvalue weighted by molar-refractivity contribution is 0.832. The van der Waals surface area contributed by atoms with Crippen molar-refractivity contribution in [3.05, 3.63) is 59.4 Å². The molecule has 0 bridgehead atoms. The normalized spacial score (nSPS) is 10.6. The fourth-order valence-corrected chi connectivity index (χ4v) is 2.57. The molecule has 0 unspecified atom stereocenters. The van der Waals surface area contributed by atoms with E-state index in [0.29, 0.717) is 16.7 Å². The Balaban J connectivity index is 1.51. The lowest BCUT2D eigenvalue weighted by atomic mass is 10.3. The molecule has 0 fully saturated rings. The summed E-state index contributed by atoms with van der Waals surface area (Å²) in [5, 5.41) is 7.51. The highest BCUT2D eigenvalue weighted by Gasteiger charge is 2.02. The van der Waals surface area contributed by atoms with E-state index in [0.717, 1.165) is 29.0 Å². The smallest absolute Gasteiger partial charge is 0.170 e. The van der Waals surface area contributed by atoms with Crippen LogP contribution in [0.1, 0.15) is 5.82 Å². The van der Waals surface area contributed by atoms with Gasteiger partial charge in [0.25, 0.3) is 0 Å². The van der Waals surface area contributed by atoms with Gasteiger partial charge in [0, 0.05) is 23.7 Å². The molecule has 3 aromatic rings. The average Bonchev–Trinajstić information content (AvgIpc) is 2.90. The molecule has 0 amide bonds. The molecule has 0 spiro atoms. The van der Waals surface area contributed by atoms with E-state index in [2.05, 4.69) is 20.6 Å². The van der Waals surface area contributed by atoms with Gasteiger partial charge in [0.05, 0.1) is 11.0 Å². The quantitative estimate of drug-likeness (QED) is 0.638. The van der Waals surface area contributed by atoms with Crippen LogP contribution in [-0.2, 0) is 6.42 Å². The minimum Gasteiger partial charge on any atom is -0.362 e. The number of para-hydroxylation sites is 2.